The molecule has 1 aliphatic carbocycles. The first-order valence-corrected chi connectivity index (χ1v) is 10.0. The van der Waals surface area contributed by atoms with Crippen LogP contribution in [0.5, 0.6) is 0 Å². The van der Waals surface area contributed by atoms with E-state index in [1.165, 1.54) is 12.8 Å². The Hall–Kier alpha value is -0.120. The standard InChI is InChI=1S/C19H39N5O.HI/c1-6-20-19(22-14-18(23(4)5)16-7-8-16)21-13-17(15(2)3)24-9-11-25-12-10-24;/h15-18H,6-14H2,1-5H3,(H2,20,21,22);1H. The van der Waals surface area contributed by atoms with Gasteiger partial charge < -0.3 is 20.3 Å². The summed E-state index contributed by atoms with van der Waals surface area (Å²) in [4.78, 5) is 9.80. The zero-order chi connectivity index (χ0) is 18.2. The lowest BCUT2D eigenvalue weighted by atomic mass is 10.0. The van der Waals surface area contributed by atoms with E-state index in [0.717, 1.165) is 57.8 Å². The van der Waals surface area contributed by atoms with Crippen LogP contribution < -0.4 is 10.6 Å². The van der Waals surface area contributed by atoms with Gasteiger partial charge in [-0.25, -0.2) is 0 Å². The molecule has 2 aliphatic rings. The molecule has 2 unspecified atom stereocenters. The Morgan fingerprint density at radius 2 is 1.85 bits per heavy atom. The number of nitrogens with one attached hydrogen (secondary N) is 2. The Morgan fingerprint density at radius 1 is 1.19 bits per heavy atom. The fourth-order valence-corrected chi connectivity index (χ4v) is 3.64. The molecule has 154 valence electrons. The smallest absolute Gasteiger partial charge is 0.191 e. The van der Waals surface area contributed by atoms with Gasteiger partial charge in [-0.15, -0.1) is 24.0 Å². The molecule has 0 aromatic carbocycles. The zero-order valence-electron chi connectivity index (χ0n) is 17.3. The molecule has 2 atom stereocenters. The minimum absolute atomic E-state index is 0. The van der Waals surface area contributed by atoms with E-state index >= 15 is 0 Å². The molecule has 0 radical (unpaired) electrons. The third kappa shape index (κ3) is 7.86. The number of guanidine groups is 1. The lowest BCUT2D eigenvalue weighted by molar-refractivity contribution is 0.00867. The molecule has 26 heavy (non-hydrogen) atoms. The maximum Gasteiger partial charge on any atom is 0.191 e. The SMILES string of the molecule is CCNC(=NCC(C(C)C)N1CCOCC1)NCC(C1CC1)N(C)C.I. The molecule has 2 fully saturated rings. The van der Waals surface area contributed by atoms with Gasteiger partial charge in [0.1, 0.15) is 0 Å². The highest BCUT2D eigenvalue weighted by molar-refractivity contribution is 14.0. The van der Waals surface area contributed by atoms with E-state index in [-0.39, 0.29) is 24.0 Å². The molecule has 0 aromatic rings. The third-order valence-corrected chi connectivity index (χ3v) is 5.37. The van der Waals surface area contributed by atoms with Gasteiger partial charge in [-0.3, -0.25) is 9.89 Å². The minimum Gasteiger partial charge on any atom is -0.379 e. The molecule has 1 saturated heterocycles. The van der Waals surface area contributed by atoms with Gasteiger partial charge in [0.15, 0.2) is 5.96 Å². The summed E-state index contributed by atoms with van der Waals surface area (Å²) < 4.78 is 5.50. The van der Waals surface area contributed by atoms with E-state index in [0.29, 0.717) is 18.0 Å². The number of halogens is 1. The van der Waals surface area contributed by atoms with Crippen LogP contribution in [-0.2, 0) is 4.74 Å². The predicted octanol–water partition coefficient (Wildman–Crippen LogP) is 1.86. The van der Waals surface area contributed by atoms with Gasteiger partial charge >= 0.3 is 0 Å². The molecule has 2 rings (SSSR count). The van der Waals surface area contributed by atoms with Crippen molar-refractivity contribution in [3.63, 3.8) is 0 Å². The molecular formula is C19H40IN5O. The largest absolute Gasteiger partial charge is 0.379 e. The Morgan fingerprint density at radius 3 is 2.35 bits per heavy atom. The van der Waals surface area contributed by atoms with Crippen LogP contribution in [0.3, 0.4) is 0 Å². The molecule has 2 N–H and O–H groups in total. The second kappa shape index (κ2) is 12.4. The van der Waals surface area contributed by atoms with Gasteiger partial charge in [-0.05, 0) is 45.7 Å². The number of hydrogen-bond donors (Lipinski definition) is 2. The van der Waals surface area contributed by atoms with E-state index in [9.17, 15) is 0 Å². The number of aliphatic imine (C=N–C) groups is 1. The lowest BCUT2D eigenvalue weighted by Crippen LogP contribution is -2.49. The summed E-state index contributed by atoms with van der Waals surface area (Å²) in [5.74, 6) is 2.39. The maximum absolute atomic E-state index is 5.50. The summed E-state index contributed by atoms with van der Waals surface area (Å²) in [5, 5.41) is 6.99. The van der Waals surface area contributed by atoms with Crippen LogP contribution in [0.2, 0.25) is 0 Å². The van der Waals surface area contributed by atoms with Crippen molar-refractivity contribution >= 4 is 29.9 Å². The van der Waals surface area contributed by atoms with Gasteiger partial charge in [0.25, 0.3) is 0 Å². The predicted molar refractivity (Wildman–Crippen MR) is 121 cm³/mol. The lowest BCUT2D eigenvalue weighted by Gasteiger charge is -2.36. The van der Waals surface area contributed by atoms with Crippen molar-refractivity contribution in [1.29, 1.82) is 0 Å². The summed E-state index contributed by atoms with van der Waals surface area (Å²) >= 11 is 0. The monoisotopic (exact) mass is 481 g/mol. The first-order chi connectivity index (χ1) is 12.0. The van der Waals surface area contributed by atoms with Crippen molar-refractivity contribution in [3.8, 4) is 0 Å². The van der Waals surface area contributed by atoms with Crippen LogP contribution >= 0.6 is 24.0 Å². The Labute approximate surface area is 177 Å². The molecule has 1 aliphatic heterocycles. The molecular weight excluding hydrogens is 441 g/mol. The van der Waals surface area contributed by atoms with Crippen molar-refractivity contribution in [2.75, 3.05) is 60.0 Å². The second-order valence-corrected chi connectivity index (χ2v) is 7.93. The van der Waals surface area contributed by atoms with Gasteiger partial charge in [-0.1, -0.05) is 13.8 Å². The van der Waals surface area contributed by atoms with Crippen molar-refractivity contribution in [2.24, 2.45) is 16.8 Å². The highest BCUT2D eigenvalue weighted by Crippen LogP contribution is 2.34. The first-order valence-electron chi connectivity index (χ1n) is 10.0. The molecule has 0 amide bonds. The van der Waals surface area contributed by atoms with Crippen LogP contribution in [0, 0.1) is 11.8 Å². The number of nitrogens with zero attached hydrogens (tertiary/aromatic N) is 3. The molecule has 0 aromatic heterocycles. The summed E-state index contributed by atoms with van der Waals surface area (Å²) in [5.41, 5.74) is 0. The van der Waals surface area contributed by atoms with Crippen LogP contribution in [0.15, 0.2) is 4.99 Å². The van der Waals surface area contributed by atoms with E-state index in [1.807, 2.05) is 0 Å². The van der Waals surface area contributed by atoms with Crippen molar-refractivity contribution in [3.05, 3.63) is 0 Å². The van der Waals surface area contributed by atoms with E-state index in [4.69, 9.17) is 9.73 Å². The fraction of sp³-hybridized carbons (Fsp3) is 0.947. The maximum atomic E-state index is 5.50. The van der Waals surface area contributed by atoms with Crippen LogP contribution in [0.25, 0.3) is 0 Å². The summed E-state index contributed by atoms with van der Waals surface area (Å²) in [6.07, 6.45) is 2.73. The molecule has 1 heterocycles. The van der Waals surface area contributed by atoms with Crippen LogP contribution in [-0.4, -0.2) is 87.9 Å². The van der Waals surface area contributed by atoms with Crippen molar-refractivity contribution < 1.29 is 4.74 Å². The molecule has 6 nitrogen and oxygen atoms in total. The molecule has 0 spiro atoms. The summed E-state index contributed by atoms with van der Waals surface area (Å²) in [6.45, 7) is 13.1. The van der Waals surface area contributed by atoms with Gasteiger partial charge in [0, 0.05) is 38.3 Å². The third-order valence-electron chi connectivity index (χ3n) is 5.37. The van der Waals surface area contributed by atoms with Crippen molar-refractivity contribution in [1.82, 2.24) is 20.4 Å². The number of rotatable bonds is 9. The minimum atomic E-state index is 0. The van der Waals surface area contributed by atoms with E-state index < -0.39 is 0 Å². The number of likely N-dealkylation sites (N-methyl/N-ethyl adjacent to an activating group) is 1. The number of hydrogen-bond acceptors (Lipinski definition) is 4. The number of ether oxygens (including phenoxy) is 1. The zero-order valence-corrected chi connectivity index (χ0v) is 19.7. The summed E-state index contributed by atoms with van der Waals surface area (Å²) in [7, 11) is 4.36. The van der Waals surface area contributed by atoms with Gasteiger partial charge in [0.05, 0.1) is 19.8 Å². The fourth-order valence-electron chi connectivity index (χ4n) is 3.64. The Balaban J connectivity index is 0.00000338. The topological polar surface area (TPSA) is 52.1 Å². The molecule has 1 saturated carbocycles. The first kappa shape index (κ1) is 23.9. The normalized spacial score (nSPS) is 21.4. The van der Waals surface area contributed by atoms with Gasteiger partial charge in [0.2, 0.25) is 0 Å². The van der Waals surface area contributed by atoms with E-state index in [1.54, 1.807) is 0 Å². The number of morpholine rings is 1. The highest BCUT2D eigenvalue weighted by Gasteiger charge is 2.32. The van der Waals surface area contributed by atoms with Gasteiger partial charge in [-0.2, -0.15) is 0 Å². The van der Waals surface area contributed by atoms with Crippen LogP contribution in [0.4, 0.5) is 0 Å². The average Bonchev–Trinajstić information content (AvgIpc) is 3.40. The molecule has 7 heteroatoms. The molecule has 0 bridgehead atoms. The summed E-state index contributed by atoms with van der Waals surface area (Å²) in [6, 6.07) is 1.08. The highest BCUT2D eigenvalue weighted by atomic mass is 127. The van der Waals surface area contributed by atoms with Crippen molar-refractivity contribution in [2.45, 2.75) is 45.7 Å². The Bertz CT molecular complexity index is 407. The van der Waals surface area contributed by atoms with E-state index in [2.05, 4.69) is 55.3 Å². The van der Waals surface area contributed by atoms with Crippen LogP contribution in [0.1, 0.15) is 33.6 Å². The average molecular weight is 481 g/mol. The quantitative estimate of drug-likeness (QED) is 0.299. The Kier molecular flexibility index (Phi) is 11.4. The second-order valence-electron chi connectivity index (χ2n) is 7.93.